The van der Waals surface area contributed by atoms with Gasteiger partial charge in [0.25, 0.3) is 0 Å². The van der Waals surface area contributed by atoms with Crippen LogP contribution in [0.15, 0.2) is 0 Å². The first kappa shape index (κ1) is 12.5. The molecule has 0 aliphatic heterocycles. The van der Waals surface area contributed by atoms with E-state index in [0.717, 1.165) is 0 Å². The van der Waals surface area contributed by atoms with Gasteiger partial charge in [-0.25, -0.2) is 0 Å². The number of hydrogen-bond donors (Lipinski definition) is 1. The number of carbonyl (C=O) groups is 1. The standard InChI is InChI=1S/C9H14BrNO2/c1-4-5-7(2)11-6-8(10)9(12)13-3/h1,7-8,11H,5-6H2,2-3H3. The predicted octanol–water partition coefficient (Wildman–Crippen LogP) is 0.924. The Hall–Kier alpha value is -0.530. The summed E-state index contributed by atoms with van der Waals surface area (Å²) in [6, 6.07) is 0.217. The van der Waals surface area contributed by atoms with E-state index >= 15 is 0 Å². The number of esters is 1. The lowest BCUT2D eigenvalue weighted by molar-refractivity contribution is -0.139. The third-order valence-electron chi connectivity index (χ3n) is 1.53. The van der Waals surface area contributed by atoms with Crippen LogP contribution in [0.1, 0.15) is 13.3 Å². The summed E-state index contributed by atoms with van der Waals surface area (Å²) < 4.78 is 4.54. The average Bonchev–Trinajstić information content (AvgIpc) is 2.13. The van der Waals surface area contributed by atoms with Crippen molar-refractivity contribution in [1.82, 2.24) is 5.32 Å². The highest BCUT2D eigenvalue weighted by atomic mass is 79.9. The zero-order valence-electron chi connectivity index (χ0n) is 7.84. The molecule has 0 aromatic rings. The Bertz CT molecular complexity index is 200. The lowest BCUT2D eigenvalue weighted by Crippen LogP contribution is -2.35. The maximum atomic E-state index is 10.9. The van der Waals surface area contributed by atoms with Crippen LogP contribution in [0.5, 0.6) is 0 Å². The molecule has 1 N–H and O–H groups in total. The fourth-order valence-corrected chi connectivity index (χ4v) is 1.14. The molecule has 0 aliphatic carbocycles. The minimum atomic E-state index is -0.308. The van der Waals surface area contributed by atoms with Gasteiger partial charge in [-0.3, -0.25) is 4.79 Å². The van der Waals surface area contributed by atoms with E-state index in [1.165, 1.54) is 7.11 Å². The first-order valence-corrected chi connectivity index (χ1v) is 4.92. The summed E-state index contributed by atoms with van der Waals surface area (Å²) in [7, 11) is 1.36. The topological polar surface area (TPSA) is 38.3 Å². The number of halogens is 1. The zero-order chi connectivity index (χ0) is 10.3. The number of nitrogens with one attached hydrogen (secondary N) is 1. The van der Waals surface area contributed by atoms with Crippen LogP contribution in [0.4, 0.5) is 0 Å². The highest BCUT2D eigenvalue weighted by Crippen LogP contribution is 2.01. The van der Waals surface area contributed by atoms with Crippen LogP contribution in [0.3, 0.4) is 0 Å². The molecular weight excluding hydrogens is 234 g/mol. The molecule has 0 radical (unpaired) electrons. The molecule has 4 heteroatoms. The van der Waals surface area contributed by atoms with Gasteiger partial charge < -0.3 is 10.1 Å². The molecule has 0 bridgehead atoms. The second-order valence-electron chi connectivity index (χ2n) is 2.71. The fraction of sp³-hybridized carbons (Fsp3) is 0.667. The van der Waals surface area contributed by atoms with Crippen LogP contribution in [-0.2, 0) is 9.53 Å². The van der Waals surface area contributed by atoms with Crippen molar-refractivity contribution in [3.05, 3.63) is 0 Å². The van der Waals surface area contributed by atoms with Gasteiger partial charge in [0.05, 0.1) is 7.11 Å². The van der Waals surface area contributed by atoms with Crippen molar-refractivity contribution < 1.29 is 9.53 Å². The Morgan fingerprint density at radius 3 is 2.85 bits per heavy atom. The van der Waals surface area contributed by atoms with Gasteiger partial charge >= 0.3 is 5.97 Å². The van der Waals surface area contributed by atoms with Crippen LogP contribution in [-0.4, -0.2) is 30.5 Å². The van der Waals surface area contributed by atoms with Crippen molar-refractivity contribution in [2.24, 2.45) is 0 Å². The molecule has 0 saturated heterocycles. The molecule has 13 heavy (non-hydrogen) atoms. The molecule has 0 amide bonds. The van der Waals surface area contributed by atoms with Crippen LogP contribution < -0.4 is 5.32 Å². The minimum absolute atomic E-state index is 0.217. The predicted molar refractivity (Wildman–Crippen MR) is 55.6 cm³/mol. The second-order valence-corrected chi connectivity index (χ2v) is 3.81. The van der Waals surface area contributed by atoms with Crippen LogP contribution in [0.25, 0.3) is 0 Å². The molecule has 0 aliphatic rings. The Morgan fingerprint density at radius 1 is 1.77 bits per heavy atom. The molecule has 3 nitrogen and oxygen atoms in total. The summed E-state index contributed by atoms with van der Waals surface area (Å²) in [5, 5.41) is 3.11. The highest BCUT2D eigenvalue weighted by Gasteiger charge is 2.15. The number of carbonyl (C=O) groups excluding carboxylic acids is 1. The van der Waals surface area contributed by atoms with E-state index in [4.69, 9.17) is 6.42 Å². The molecular formula is C9H14BrNO2. The van der Waals surface area contributed by atoms with Crippen molar-refractivity contribution in [3.8, 4) is 12.3 Å². The lowest BCUT2D eigenvalue weighted by Gasteiger charge is -2.13. The summed E-state index contributed by atoms with van der Waals surface area (Å²) in [5.41, 5.74) is 0. The number of hydrogen-bond acceptors (Lipinski definition) is 3. The molecule has 0 rings (SSSR count). The first-order valence-electron chi connectivity index (χ1n) is 4.00. The fourth-order valence-electron chi connectivity index (χ4n) is 0.765. The maximum Gasteiger partial charge on any atom is 0.320 e. The van der Waals surface area contributed by atoms with Gasteiger partial charge in [0.15, 0.2) is 0 Å². The van der Waals surface area contributed by atoms with E-state index in [1.807, 2.05) is 6.92 Å². The quantitative estimate of drug-likeness (QED) is 0.446. The van der Waals surface area contributed by atoms with E-state index in [2.05, 4.69) is 31.9 Å². The van der Waals surface area contributed by atoms with Crippen molar-refractivity contribution in [2.75, 3.05) is 13.7 Å². The third kappa shape index (κ3) is 5.67. The molecule has 2 atom stereocenters. The summed E-state index contributed by atoms with van der Waals surface area (Å²) >= 11 is 3.19. The monoisotopic (exact) mass is 247 g/mol. The molecule has 0 aromatic carbocycles. The Kier molecular flexibility index (Phi) is 6.65. The Morgan fingerprint density at radius 2 is 2.38 bits per heavy atom. The smallest absolute Gasteiger partial charge is 0.320 e. The van der Waals surface area contributed by atoms with E-state index in [9.17, 15) is 4.79 Å². The van der Waals surface area contributed by atoms with E-state index in [-0.39, 0.29) is 16.8 Å². The number of rotatable bonds is 5. The summed E-state index contributed by atoms with van der Waals surface area (Å²) in [6.45, 7) is 2.49. The number of terminal acetylenes is 1. The van der Waals surface area contributed by atoms with Crippen LogP contribution in [0.2, 0.25) is 0 Å². The number of methoxy groups -OCH3 is 1. The molecule has 74 valence electrons. The van der Waals surface area contributed by atoms with Gasteiger partial charge in [-0.1, -0.05) is 15.9 Å². The van der Waals surface area contributed by atoms with Gasteiger partial charge in [-0.15, -0.1) is 12.3 Å². The van der Waals surface area contributed by atoms with Crippen molar-refractivity contribution in [2.45, 2.75) is 24.2 Å². The summed E-state index contributed by atoms with van der Waals surface area (Å²) in [6.07, 6.45) is 5.78. The first-order chi connectivity index (χ1) is 6.11. The molecule has 0 spiro atoms. The molecule has 2 unspecified atom stereocenters. The number of ether oxygens (including phenoxy) is 1. The lowest BCUT2D eigenvalue weighted by atomic mass is 10.2. The molecule has 0 fully saturated rings. The largest absolute Gasteiger partial charge is 0.468 e. The maximum absolute atomic E-state index is 10.9. The zero-order valence-corrected chi connectivity index (χ0v) is 9.43. The van der Waals surface area contributed by atoms with Gasteiger partial charge in [0.1, 0.15) is 4.83 Å². The van der Waals surface area contributed by atoms with Gasteiger partial charge in [0.2, 0.25) is 0 Å². The van der Waals surface area contributed by atoms with Crippen molar-refractivity contribution in [3.63, 3.8) is 0 Å². The Labute approximate surface area is 87.4 Å². The summed E-state index contributed by atoms with van der Waals surface area (Å²) in [4.78, 5) is 10.6. The minimum Gasteiger partial charge on any atom is -0.468 e. The highest BCUT2D eigenvalue weighted by molar-refractivity contribution is 9.10. The average molecular weight is 248 g/mol. The van der Waals surface area contributed by atoms with Gasteiger partial charge in [-0.2, -0.15) is 0 Å². The van der Waals surface area contributed by atoms with Crippen LogP contribution in [0, 0.1) is 12.3 Å². The summed E-state index contributed by atoms with van der Waals surface area (Å²) in [5.74, 6) is 2.26. The van der Waals surface area contributed by atoms with E-state index in [0.29, 0.717) is 13.0 Å². The second kappa shape index (κ2) is 6.93. The van der Waals surface area contributed by atoms with Gasteiger partial charge in [0, 0.05) is 19.0 Å². The van der Waals surface area contributed by atoms with E-state index < -0.39 is 0 Å². The van der Waals surface area contributed by atoms with Crippen molar-refractivity contribution >= 4 is 21.9 Å². The van der Waals surface area contributed by atoms with E-state index in [1.54, 1.807) is 0 Å². The van der Waals surface area contributed by atoms with Gasteiger partial charge in [-0.05, 0) is 6.92 Å². The normalized spacial score (nSPS) is 14.3. The van der Waals surface area contributed by atoms with Crippen molar-refractivity contribution in [1.29, 1.82) is 0 Å². The Balaban J connectivity index is 3.64. The molecule has 0 aromatic heterocycles. The molecule has 0 heterocycles. The third-order valence-corrected chi connectivity index (χ3v) is 2.22. The van der Waals surface area contributed by atoms with Crippen LogP contribution >= 0.6 is 15.9 Å². The SMILES string of the molecule is C#CCC(C)NCC(Br)C(=O)OC. The number of alkyl halides is 1. The molecule has 0 saturated carbocycles.